The molecule has 0 spiro atoms. The first-order valence-electron chi connectivity index (χ1n) is 3.92. The van der Waals surface area contributed by atoms with Gasteiger partial charge in [0.05, 0.1) is 13.2 Å². The monoisotopic (exact) mass is 184 g/mol. The Hall–Kier alpha value is -1.20. The zero-order valence-corrected chi connectivity index (χ0v) is 7.47. The van der Waals surface area contributed by atoms with Crippen LogP contribution in [0.1, 0.15) is 10.5 Å². The minimum atomic E-state index is 0.280. The zero-order valence-electron chi connectivity index (χ0n) is 7.47. The maximum absolute atomic E-state index is 10.3. The summed E-state index contributed by atoms with van der Waals surface area (Å²) in [4.78, 5) is 10.3. The van der Waals surface area contributed by atoms with Crippen LogP contribution in [0.5, 0.6) is 0 Å². The van der Waals surface area contributed by atoms with Gasteiger partial charge in [0.2, 0.25) is 0 Å². The van der Waals surface area contributed by atoms with Crippen LogP contribution in [0.25, 0.3) is 0 Å². The first-order valence-corrected chi connectivity index (χ1v) is 3.92. The molecule has 1 aromatic rings. The van der Waals surface area contributed by atoms with Crippen molar-refractivity contribution in [2.75, 3.05) is 20.5 Å². The van der Waals surface area contributed by atoms with Crippen LogP contribution in [-0.2, 0) is 16.0 Å². The van der Waals surface area contributed by atoms with E-state index in [0.717, 1.165) is 0 Å². The van der Waals surface area contributed by atoms with Gasteiger partial charge in [0.1, 0.15) is 12.5 Å². The average Bonchev–Trinajstić information content (AvgIpc) is 2.60. The lowest BCUT2D eigenvalue weighted by Gasteiger charge is -2.02. The highest BCUT2D eigenvalue weighted by atomic mass is 16.7. The zero-order chi connectivity index (χ0) is 9.52. The van der Waals surface area contributed by atoms with Crippen molar-refractivity contribution < 1.29 is 14.3 Å². The van der Waals surface area contributed by atoms with Crippen molar-refractivity contribution in [3.8, 4) is 0 Å². The van der Waals surface area contributed by atoms with Crippen LogP contribution < -0.4 is 0 Å². The van der Waals surface area contributed by atoms with Crippen LogP contribution in [0.15, 0.2) is 12.3 Å². The number of nitrogens with zero attached hydrogens (tertiary/aromatic N) is 2. The molecule has 0 aliphatic rings. The largest absolute Gasteiger partial charge is 0.359 e. The van der Waals surface area contributed by atoms with Gasteiger partial charge >= 0.3 is 0 Å². The Morgan fingerprint density at radius 1 is 1.69 bits per heavy atom. The van der Waals surface area contributed by atoms with Gasteiger partial charge in [-0.2, -0.15) is 5.10 Å². The van der Waals surface area contributed by atoms with E-state index in [0.29, 0.717) is 25.1 Å². The van der Waals surface area contributed by atoms with E-state index in [-0.39, 0.29) is 6.79 Å². The van der Waals surface area contributed by atoms with Gasteiger partial charge in [-0.1, -0.05) is 0 Å². The number of methoxy groups -OCH3 is 1. The predicted molar refractivity (Wildman–Crippen MR) is 45.4 cm³/mol. The number of aromatic nitrogens is 2. The fourth-order valence-electron chi connectivity index (χ4n) is 0.865. The normalized spacial score (nSPS) is 10.2. The van der Waals surface area contributed by atoms with Gasteiger partial charge in [0, 0.05) is 13.3 Å². The smallest absolute Gasteiger partial charge is 0.170 e. The maximum Gasteiger partial charge on any atom is 0.170 e. The van der Waals surface area contributed by atoms with Gasteiger partial charge in [-0.25, -0.2) is 0 Å². The van der Waals surface area contributed by atoms with Crippen LogP contribution in [0.4, 0.5) is 0 Å². The molecule has 0 unspecified atom stereocenters. The van der Waals surface area contributed by atoms with E-state index in [9.17, 15) is 4.79 Å². The summed E-state index contributed by atoms with van der Waals surface area (Å²) in [5.41, 5.74) is 0.437. The Kier molecular flexibility index (Phi) is 4.14. The lowest BCUT2D eigenvalue weighted by molar-refractivity contribution is -0.0336. The first kappa shape index (κ1) is 9.88. The molecule has 1 aromatic heterocycles. The molecular formula is C8H12N2O3. The minimum Gasteiger partial charge on any atom is -0.359 e. The van der Waals surface area contributed by atoms with Crippen molar-refractivity contribution in [3.63, 3.8) is 0 Å². The second-order valence-corrected chi connectivity index (χ2v) is 2.44. The summed E-state index contributed by atoms with van der Waals surface area (Å²) in [6.45, 7) is 1.42. The quantitative estimate of drug-likeness (QED) is 0.363. The number of rotatable bonds is 6. The van der Waals surface area contributed by atoms with Crippen molar-refractivity contribution in [1.29, 1.82) is 0 Å². The molecule has 13 heavy (non-hydrogen) atoms. The summed E-state index contributed by atoms with van der Waals surface area (Å²) in [5.74, 6) is 0. The van der Waals surface area contributed by atoms with E-state index >= 15 is 0 Å². The molecule has 0 saturated carbocycles. The van der Waals surface area contributed by atoms with Crippen LogP contribution in [0.3, 0.4) is 0 Å². The van der Waals surface area contributed by atoms with Crippen molar-refractivity contribution >= 4 is 6.29 Å². The fourth-order valence-corrected chi connectivity index (χ4v) is 0.865. The van der Waals surface area contributed by atoms with Crippen LogP contribution in [0, 0.1) is 0 Å². The Bertz CT molecular complexity index is 260. The van der Waals surface area contributed by atoms with Gasteiger partial charge in [-0.15, -0.1) is 0 Å². The number of ether oxygens (including phenoxy) is 2. The molecule has 0 fully saturated rings. The standard InChI is InChI=1S/C8H12N2O3/c1-12-7-13-5-4-10-3-2-8(6-11)9-10/h2-3,6H,4-5,7H2,1H3. The third-order valence-corrected chi connectivity index (χ3v) is 1.45. The van der Waals surface area contributed by atoms with Crippen molar-refractivity contribution in [1.82, 2.24) is 9.78 Å². The van der Waals surface area contributed by atoms with E-state index in [4.69, 9.17) is 9.47 Å². The second kappa shape index (κ2) is 5.45. The predicted octanol–water partition coefficient (Wildman–Crippen LogP) is 0.316. The molecule has 72 valence electrons. The highest BCUT2D eigenvalue weighted by molar-refractivity contribution is 5.71. The number of carbonyl (C=O) groups is 1. The summed E-state index contributed by atoms with van der Waals surface area (Å²) in [7, 11) is 1.57. The molecule has 0 aliphatic carbocycles. The van der Waals surface area contributed by atoms with E-state index in [1.54, 1.807) is 24.1 Å². The van der Waals surface area contributed by atoms with E-state index in [1.165, 1.54) is 0 Å². The average molecular weight is 184 g/mol. The molecular weight excluding hydrogens is 172 g/mol. The topological polar surface area (TPSA) is 53.4 Å². The lowest BCUT2D eigenvalue weighted by Crippen LogP contribution is -2.08. The van der Waals surface area contributed by atoms with Gasteiger partial charge in [-0.3, -0.25) is 9.48 Å². The Balaban J connectivity index is 2.24. The number of hydrogen-bond donors (Lipinski definition) is 0. The maximum atomic E-state index is 10.3. The van der Waals surface area contributed by atoms with E-state index in [2.05, 4.69) is 5.10 Å². The highest BCUT2D eigenvalue weighted by Gasteiger charge is 1.95. The Morgan fingerprint density at radius 3 is 3.15 bits per heavy atom. The number of carbonyl (C=O) groups excluding carboxylic acids is 1. The Morgan fingerprint density at radius 2 is 2.54 bits per heavy atom. The highest BCUT2D eigenvalue weighted by Crippen LogP contribution is 1.91. The molecule has 5 nitrogen and oxygen atoms in total. The number of hydrogen-bond acceptors (Lipinski definition) is 4. The van der Waals surface area contributed by atoms with Crippen LogP contribution in [0.2, 0.25) is 0 Å². The summed E-state index contributed by atoms with van der Waals surface area (Å²) < 4.78 is 11.4. The van der Waals surface area contributed by atoms with Crippen molar-refractivity contribution in [2.45, 2.75) is 6.54 Å². The fraction of sp³-hybridized carbons (Fsp3) is 0.500. The summed E-state index contributed by atoms with van der Waals surface area (Å²) in [5, 5.41) is 3.95. The number of aldehydes is 1. The van der Waals surface area contributed by atoms with Crippen LogP contribution in [-0.4, -0.2) is 36.6 Å². The van der Waals surface area contributed by atoms with Crippen LogP contribution >= 0.6 is 0 Å². The molecule has 0 atom stereocenters. The third kappa shape index (κ3) is 3.35. The van der Waals surface area contributed by atoms with Crippen molar-refractivity contribution in [2.24, 2.45) is 0 Å². The Labute approximate surface area is 76.3 Å². The molecule has 0 amide bonds. The van der Waals surface area contributed by atoms with Gasteiger partial charge < -0.3 is 9.47 Å². The summed E-state index contributed by atoms with van der Waals surface area (Å²) >= 11 is 0. The molecule has 1 rings (SSSR count). The van der Waals surface area contributed by atoms with Gasteiger partial charge in [-0.05, 0) is 6.07 Å². The molecule has 1 heterocycles. The van der Waals surface area contributed by atoms with Gasteiger partial charge in [0.25, 0.3) is 0 Å². The molecule has 5 heteroatoms. The molecule has 0 N–H and O–H groups in total. The first-order chi connectivity index (χ1) is 6.36. The van der Waals surface area contributed by atoms with Gasteiger partial charge in [0.15, 0.2) is 6.29 Å². The minimum absolute atomic E-state index is 0.280. The molecule has 0 radical (unpaired) electrons. The van der Waals surface area contributed by atoms with E-state index in [1.807, 2.05) is 0 Å². The SMILES string of the molecule is COCOCCn1ccc(C=O)n1. The second-order valence-electron chi connectivity index (χ2n) is 2.44. The molecule has 0 bridgehead atoms. The third-order valence-electron chi connectivity index (χ3n) is 1.45. The molecule has 0 aliphatic heterocycles. The van der Waals surface area contributed by atoms with E-state index < -0.39 is 0 Å². The summed E-state index contributed by atoms with van der Waals surface area (Å²) in [6, 6.07) is 1.66. The lowest BCUT2D eigenvalue weighted by atomic mass is 10.5. The van der Waals surface area contributed by atoms with Crippen molar-refractivity contribution in [3.05, 3.63) is 18.0 Å². The molecule has 0 saturated heterocycles. The molecule has 0 aromatic carbocycles. The summed E-state index contributed by atoms with van der Waals surface area (Å²) in [6.07, 6.45) is 2.45.